The Balaban J connectivity index is 1.54. The topological polar surface area (TPSA) is 73.7 Å². The molecule has 1 aliphatic carbocycles. The highest BCUT2D eigenvalue weighted by Crippen LogP contribution is 2.36. The Morgan fingerprint density at radius 3 is 2.29 bits per heavy atom. The zero-order chi connectivity index (χ0) is 24.5. The fourth-order valence-corrected chi connectivity index (χ4v) is 3.52. The fraction of sp³-hybridized carbons (Fsp3) is 0.192. The average molecular weight is 464 g/mol. The van der Waals surface area contributed by atoms with Crippen molar-refractivity contribution in [1.29, 1.82) is 5.41 Å². The SMILES string of the molecule is C=C(Nc1cncc(C(F)(F)F)c1)C(=N)c1cc(-c2cncc(NC(=C)C3CC3)c2)ccc1C. The molecular formula is C26H24F3N5. The Labute approximate surface area is 196 Å². The summed E-state index contributed by atoms with van der Waals surface area (Å²) in [7, 11) is 0. The van der Waals surface area contributed by atoms with Crippen molar-refractivity contribution < 1.29 is 13.2 Å². The predicted octanol–water partition coefficient (Wildman–Crippen LogP) is 6.80. The van der Waals surface area contributed by atoms with Crippen molar-refractivity contribution in [1.82, 2.24) is 9.97 Å². The standard InChI is InChI=1S/C26H24F3N5/c1-15-4-5-19(20-8-22(13-31-11-20)33-16(2)18-6-7-18)9-24(15)25(30)17(3)34-23-10-21(12-32-14-23)26(27,28)29/h4-5,8-14,18,30,33-34H,2-3,6-7H2,1H3. The first-order valence-corrected chi connectivity index (χ1v) is 10.7. The molecule has 34 heavy (non-hydrogen) atoms. The molecule has 0 unspecified atom stereocenters. The predicted molar refractivity (Wildman–Crippen MR) is 129 cm³/mol. The maximum atomic E-state index is 13.0. The molecule has 8 heteroatoms. The maximum Gasteiger partial charge on any atom is 0.417 e. The van der Waals surface area contributed by atoms with Crippen LogP contribution in [-0.4, -0.2) is 15.7 Å². The second-order valence-electron chi connectivity index (χ2n) is 8.36. The summed E-state index contributed by atoms with van der Waals surface area (Å²) >= 11 is 0. The molecule has 1 fully saturated rings. The van der Waals surface area contributed by atoms with Gasteiger partial charge >= 0.3 is 6.18 Å². The highest BCUT2D eigenvalue weighted by Gasteiger charge is 2.31. The van der Waals surface area contributed by atoms with Crippen LogP contribution < -0.4 is 10.6 Å². The summed E-state index contributed by atoms with van der Waals surface area (Å²) in [6.45, 7) is 9.80. The summed E-state index contributed by atoms with van der Waals surface area (Å²) in [6.07, 6.45) is 3.29. The zero-order valence-electron chi connectivity index (χ0n) is 18.6. The van der Waals surface area contributed by atoms with Gasteiger partial charge in [-0.25, -0.2) is 0 Å². The van der Waals surface area contributed by atoms with E-state index in [2.05, 4.69) is 33.8 Å². The lowest BCUT2D eigenvalue weighted by Crippen LogP contribution is -2.13. The van der Waals surface area contributed by atoms with Crippen LogP contribution in [0.1, 0.15) is 29.5 Å². The van der Waals surface area contributed by atoms with E-state index < -0.39 is 11.7 Å². The first-order valence-electron chi connectivity index (χ1n) is 10.7. The lowest BCUT2D eigenvalue weighted by atomic mass is 9.96. The van der Waals surface area contributed by atoms with Crippen LogP contribution in [0.15, 0.2) is 79.7 Å². The van der Waals surface area contributed by atoms with E-state index in [1.54, 1.807) is 12.4 Å². The van der Waals surface area contributed by atoms with Crippen molar-refractivity contribution in [3.05, 3.63) is 96.4 Å². The number of hydrogen-bond acceptors (Lipinski definition) is 5. The molecule has 0 spiro atoms. The molecule has 0 bridgehead atoms. The van der Waals surface area contributed by atoms with E-state index in [1.807, 2.05) is 31.2 Å². The Bertz CT molecular complexity index is 1280. The fourth-order valence-electron chi connectivity index (χ4n) is 3.52. The number of halogens is 3. The third kappa shape index (κ3) is 5.33. The largest absolute Gasteiger partial charge is 0.417 e. The Kier molecular flexibility index (Phi) is 6.24. The smallest absolute Gasteiger partial charge is 0.358 e. The van der Waals surface area contributed by atoms with Gasteiger partial charge in [-0.15, -0.1) is 0 Å². The van der Waals surface area contributed by atoms with E-state index in [1.165, 1.54) is 6.20 Å². The molecule has 1 saturated carbocycles. The number of benzene rings is 1. The highest BCUT2D eigenvalue weighted by atomic mass is 19.4. The minimum Gasteiger partial charge on any atom is -0.358 e. The van der Waals surface area contributed by atoms with Crippen LogP contribution in [0, 0.1) is 18.3 Å². The van der Waals surface area contributed by atoms with Crippen LogP contribution in [0.2, 0.25) is 0 Å². The molecule has 0 atom stereocenters. The van der Waals surface area contributed by atoms with E-state index >= 15 is 0 Å². The van der Waals surface area contributed by atoms with E-state index in [-0.39, 0.29) is 17.1 Å². The van der Waals surface area contributed by atoms with Crippen LogP contribution >= 0.6 is 0 Å². The lowest BCUT2D eigenvalue weighted by Gasteiger charge is -2.15. The van der Waals surface area contributed by atoms with Gasteiger partial charge < -0.3 is 10.6 Å². The molecule has 4 rings (SSSR count). The lowest BCUT2D eigenvalue weighted by molar-refractivity contribution is -0.137. The third-order valence-electron chi connectivity index (χ3n) is 5.62. The van der Waals surface area contributed by atoms with E-state index in [0.717, 1.165) is 53.2 Å². The van der Waals surface area contributed by atoms with Gasteiger partial charge in [0.15, 0.2) is 0 Å². The zero-order valence-corrected chi connectivity index (χ0v) is 18.6. The average Bonchev–Trinajstić information content (AvgIpc) is 3.64. The van der Waals surface area contributed by atoms with E-state index in [9.17, 15) is 13.2 Å². The van der Waals surface area contributed by atoms with Crippen molar-refractivity contribution in [2.24, 2.45) is 5.92 Å². The molecule has 0 aliphatic heterocycles. The van der Waals surface area contributed by atoms with Crippen molar-refractivity contribution >= 4 is 17.1 Å². The minimum atomic E-state index is -4.51. The molecule has 0 amide bonds. The van der Waals surface area contributed by atoms with Gasteiger partial charge in [-0.05, 0) is 55.0 Å². The molecule has 2 heterocycles. The Hall–Kier alpha value is -3.94. The third-order valence-corrected chi connectivity index (χ3v) is 5.62. The molecule has 0 saturated heterocycles. The van der Waals surface area contributed by atoms with E-state index in [0.29, 0.717) is 11.5 Å². The second-order valence-corrected chi connectivity index (χ2v) is 8.36. The first kappa shape index (κ1) is 23.2. The van der Waals surface area contributed by atoms with E-state index in [4.69, 9.17) is 5.41 Å². The molecule has 5 nitrogen and oxygen atoms in total. The van der Waals surface area contributed by atoms with Crippen LogP contribution in [0.4, 0.5) is 24.5 Å². The number of aryl methyl sites for hydroxylation is 1. The van der Waals surface area contributed by atoms with Crippen molar-refractivity contribution in [3.8, 4) is 11.1 Å². The molecule has 3 N–H and O–H groups in total. The van der Waals surface area contributed by atoms with Crippen molar-refractivity contribution in [2.75, 3.05) is 10.6 Å². The monoisotopic (exact) mass is 463 g/mol. The number of anilines is 2. The van der Waals surface area contributed by atoms with Gasteiger partial charge in [-0.3, -0.25) is 15.4 Å². The summed E-state index contributed by atoms with van der Waals surface area (Å²) < 4.78 is 38.9. The number of allylic oxidation sites excluding steroid dienone is 2. The second kappa shape index (κ2) is 9.13. The van der Waals surface area contributed by atoms with Gasteiger partial charge in [0.25, 0.3) is 0 Å². The van der Waals surface area contributed by atoms with Gasteiger partial charge in [0.2, 0.25) is 0 Å². The molecule has 1 aliphatic rings. The maximum absolute atomic E-state index is 13.0. The Morgan fingerprint density at radius 2 is 1.62 bits per heavy atom. The van der Waals surface area contributed by atoms with Gasteiger partial charge in [0, 0.05) is 29.2 Å². The summed E-state index contributed by atoms with van der Waals surface area (Å²) in [5.41, 5.74) is 4.45. The van der Waals surface area contributed by atoms with Gasteiger partial charge in [0.1, 0.15) is 0 Å². The summed E-state index contributed by atoms with van der Waals surface area (Å²) in [4.78, 5) is 7.96. The highest BCUT2D eigenvalue weighted by molar-refractivity contribution is 6.13. The van der Waals surface area contributed by atoms with Crippen LogP contribution in [0.3, 0.4) is 0 Å². The van der Waals surface area contributed by atoms with Gasteiger partial charge in [-0.1, -0.05) is 25.3 Å². The minimum absolute atomic E-state index is 0.0705. The number of pyridine rings is 2. The molecule has 2 aromatic heterocycles. The quantitative estimate of drug-likeness (QED) is 0.321. The van der Waals surface area contributed by atoms with Crippen molar-refractivity contribution in [3.63, 3.8) is 0 Å². The van der Waals surface area contributed by atoms with Gasteiger partial charge in [0.05, 0.1) is 40.7 Å². The number of rotatable bonds is 8. The number of alkyl halides is 3. The molecule has 174 valence electrons. The molecule has 1 aromatic carbocycles. The summed E-state index contributed by atoms with van der Waals surface area (Å²) in [6, 6.07) is 8.59. The van der Waals surface area contributed by atoms with Crippen LogP contribution in [0.5, 0.6) is 0 Å². The summed E-state index contributed by atoms with van der Waals surface area (Å²) in [5.74, 6) is 0.514. The number of nitrogens with one attached hydrogen (secondary N) is 3. The van der Waals surface area contributed by atoms with Crippen molar-refractivity contribution in [2.45, 2.75) is 25.9 Å². The number of hydrogen-bond donors (Lipinski definition) is 3. The Morgan fingerprint density at radius 1 is 0.941 bits per heavy atom. The summed E-state index contributed by atoms with van der Waals surface area (Å²) in [5, 5.41) is 14.7. The first-order chi connectivity index (χ1) is 16.1. The molecule has 3 aromatic rings. The number of nitrogens with zero attached hydrogens (tertiary/aromatic N) is 2. The number of aromatic nitrogens is 2. The normalized spacial score (nSPS) is 13.3. The van der Waals surface area contributed by atoms with Crippen LogP contribution in [-0.2, 0) is 6.18 Å². The van der Waals surface area contributed by atoms with Crippen LogP contribution in [0.25, 0.3) is 11.1 Å². The van der Waals surface area contributed by atoms with Gasteiger partial charge in [-0.2, -0.15) is 13.2 Å². The molecule has 0 radical (unpaired) electrons. The molecular weight excluding hydrogens is 439 g/mol.